The van der Waals surface area contributed by atoms with Crippen LogP contribution in [0, 0.1) is 0 Å². The molecule has 0 amide bonds. The van der Waals surface area contributed by atoms with Crippen molar-refractivity contribution in [3.05, 3.63) is 42.0 Å². The van der Waals surface area contributed by atoms with Crippen molar-refractivity contribution in [1.29, 1.82) is 0 Å². The van der Waals surface area contributed by atoms with Gasteiger partial charge in [-0.2, -0.15) is 0 Å². The van der Waals surface area contributed by atoms with E-state index in [0.29, 0.717) is 18.3 Å². The normalized spacial score (nSPS) is 11.2. The van der Waals surface area contributed by atoms with Crippen molar-refractivity contribution in [3.8, 4) is 17.0 Å². The van der Waals surface area contributed by atoms with Crippen molar-refractivity contribution in [3.63, 3.8) is 0 Å². The SMILES string of the molecule is CC(C)c1cc(OCCN(C)C)ccc1-c1cccc(N)n1. The van der Waals surface area contributed by atoms with Gasteiger partial charge in [0.1, 0.15) is 18.2 Å². The molecule has 0 saturated heterocycles. The molecule has 1 heterocycles. The summed E-state index contributed by atoms with van der Waals surface area (Å²) in [5.74, 6) is 1.83. The van der Waals surface area contributed by atoms with Crippen molar-refractivity contribution in [2.75, 3.05) is 33.0 Å². The van der Waals surface area contributed by atoms with E-state index in [2.05, 4.69) is 35.9 Å². The number of hydrogen-bond donors (Lipinski definition) is 1. The Morgan fingerprint density at radius 1 is 1.18 bits per heavy atom. The predicted octanol–water partition coefficient (Wildman–Crippen LogP) is 3.39. The Morgan fingerprint density at radius 3 is 2.59 bits per heavy atom. The van der Waals surface area contributed by atoms with Crippen molar-refractivity contribution in [1.82, 2.24) is 9.88 Å². The maximum Gasteiger partial charge on any atom is 0.124 e. The lowest BCUT2D eigenvalue weighted by Gasteiger charge is -2.16. The third-order valence-corrected chi connectivity index (χ3v) is 3.50. The number of aromatic nitrogens is 1. The molecule has 1 aromatic heterocycles. The summed E-state index contributed by atoms with van der Waals surface area (Å²) in [6, 6.07) is 11.9. The van der Waals surface area contributed by atoms with Crippen LogP contribution in [0.4, 0.5) is 5.82 Å². The average molecular weight is 299 g/mol. The van der Waals surface area contributed by atoms with Gasteiger partial charge in [-0.15, -0.1) is 0 Å². The van der Waals surface area contributed by atoms with E-state index in [1.165, 1.54) is 5.56 Å². The molecular formula is C18H25N3O. The Hall–Kier alpha value is -2.07. The molecule has 0 saturated carbocycles. The zero-order valence-electron chi connectivity index (χ0n) is 13.8. The van der Waals surface area contributed by atoms with E-state index in [0.717, 1.165) is 23.6 Å². The summed E-state index contributed by atoms with van der Waals surface area (Å²) in [4.78, 5) is 6.54. The first-order valence-corrected chi connectivity index (χ1v) is 7.61. The van der Waals surface area contributed by atoms with E-state index in [4.69, 9.17) is 10.5 Å². The second kappa shape index (κ2) is 7.27. The zero-order valence-corrected chi connectivity index (χ0v) is 13.8. The summed E-state index contributed by atoms with van der Waals surface area (Å²) in [6.07, 6.45) is 0. The monoisotopic (exact) mass is 299 g/mol. The molecule has 0 fully saturated rings. The Balaban J connectivity index is 2.28. The second-order valence-electron chi connectivity index (χ2n) is 6.00. The van der Waals surface area contributed by atoms with Gasteiger partial charge in [0.25, 0.3) is 0 Å². The molecule has 0 spiro atoms. The summed E-state index contributed by atoms with van der Waals surface area (Å²) in [5.41, 5.74) is 9.05. The van der Waals surface area contributed by atoms with Gasteiger partial charge in [-0.25, -0.2) is 4.98 Å². The molecule has 0 bridgehead atoms. The minimum atomic E-state index is 0.385. The quantitative estimate of drug-likeness (QED) is 0.888. The lowest BCUT2D eigenvalue weighted by atomic mass is 9.94. The Labute approximate surface area is 132 Å². The first kappa shape index (κ1) is 16.3. The van der Waals surface area contributed by atoms with E-state index in [1.54, 1.807) is 6.07 Å². The Bertz CT molecular complexity index is 623. The maximum absolute atomic E-state index is 5.84. The minimum Gasteiger partial charge on any atom is -0.492 e. The number of nitrogens with zero attached hydrogens (tertiary/aromatic N) is 2. The second-order valence-corrected chi connectivity index (χ2v) is 6.00. The number of ether oxygens (including phenoxy) is 1. The molecule has 0 unspecified atom stereocenters. The number of pyridine rings is 1. The van der Waals surface area contributed by atoms with Gasteiger partial charge in [0, 0.05) is 12.1 Å². The topological polar surface area (TPSA) is 51.4 Å². The molecule has 4 heteroatoms. The minimum absolute atomic E-state index is 0.385. The zero-order chi connectivity index (χ0) is 16.1. The van der Waals surface area contributed by atoms with Crippen LogP contribution in [0.15, 0.2) is 36.4 Å². The molecule has 2 rings (SSSR count). The van der Waals surface area contributed by atoms with Gasteiger partial charge in [-0.05, 0) is 55.9 Å². The summed E-state index contributed by atoms with van der Waals surface area (Å²) >= 11 is 0. The summed E-state index contributed by atoms with van der Waals surface area (Å²) in [6.45, 7) is 5.93. The van der Waals surface area contributed by atoms with E-state index >= 15 is 0 Å². The van der Waals surface area contributed by atoms with E-state index in [1.807, 2.05) is 32.3 Å². The lowest BCUT2D eigenvalue weighted by molar-refractivity contribution is 0.261. The van der Waals surface area contributed by atoms with Crippen LogP contribution in [0.3, 0.4) is 0 Å². The third-order valence-electron chi connectivity index (χ3n) is 3.50. The molecule has 118 valence electrons. The van der Waals surface area contributed by atoms with Crippen LogP contribution < -0.4 is 10.5 Å². The number of rotatable bonds is 6. The number of benzene rings is 1. The van der Waals surface area contributed by atoms with Gasteiger partial charge in [0.15, 0.2) is 0 Å². The fourth-order valence-electron chi connectivity index (χ4n) is 2.29. The molecule has 0 aliphatic carbocycles. The first-order chi connectivity index (χ1) is 10.5. The van der Waals surface area contributed by atoms with Crippen molar-refractivity contribution in [2.45, 2.75) is 19.8 Å². The van der Waals surface area contributed by atoms with Crippen LogP contribution in [0.2, 0.25) is 0 Å². The van der Waals surface area contributed by atoms with Gasteiger partial charge in [0.05, 0.1) is 5.69 Å². The Kier molecular flexibility index (Phi) is 5.39. The fraction of sp³-hybridized carbons (Fsp3) is 0.389. The standard InChI is InChI=1S/C18H25N3O/c1-13(2)16-12-14(22-11-10-21(3)4)8-9-15(16)17-6-5-7-18(19)20-17/h5-9,12-13H,10-11H2,1-4H3,(H2,19,20). The average Bonchev–Trinajstić information content (AvgIpc) is 2.46. The van der Waals surface area contributed by atoms with E-state index in [9.17, 15) is 0 Å². The van der Waals surface area contributed by atoms with Crippen LogP contribution in [0.25, 0.3) is 11.3 Å². The smallest absolute Gasteiger partial charge is 0.124 e. The summed E-state index contributed by atoms with van der Waals surface area (Å²) < 4.78 is 5.84. The van der Waals surface area contributed by atoms with Crippen LogP contribution in [-0.4, -0.2) is 37.1 Å². The number of anilines is 1. The molecule has 4 nitrogen and oxygen atoms in total. The van der Waals surface area contributed by atoms with Crippen molar-refractivity contribution in [2.24, 2.45) is 0 Å². The third kappa shape index (κ3) is 4.21. The number of nitrogens with two attached hydrogens (primary N) is 1. The number of hydrogen-bond acceptors (Lipinski definition) is 4. The molecule has 1 aromatic carbocycles. The molecular weight excluding hydrogens is 274 g/mol. The molecule has 22 heavy (non-hydrogen) atoms. The largest absolute Gasteiger partial charge is 0.492 e. The predicted molar refractivity (Wildman–Crippen MR) is 92.2 cm³/mol. The highest BCUT2D eigenvalue weighted by Gasteiger charge is 2.11. The molecule has 0 aliphatic rings. The highest BCUT2D eigenvalue weighted by molar-refractivity contribution is 5.67. The summed E-state index contributed by atoms with van der Waals surface area (Å²) in [5, 5.41) is 0. The van der Waals surface area contributed by atoms with Crippen LogP contribution in [0.5, 0.6) is 5.75 Å². The number of nitrogen functional groups attached to an aromatic ring is 1. The summed E-state index contributed by atoms with van der Waals surface area (Å²) in [7, 11) is 4.08. The van der Waals surface area contributed by atoms with Crippen molar-refractivity contribution >= 4 is 5.82 Å². The van der Waals surface area contributed by atoms with Crippen LogP contribution in [0.1, 0.15) is 25.3 Å². The molecule has 2 N–H and O–H groups in total. The van der Waals surface area contributed by atoms with Gasteiger partial charge < -0.3 is 15.4 Å². The van der Waals surface area contributed by atoms with Crippen LogP contribution >= 0.6 is 0 Å². The van der Waals surface area contributed by atoms with Gasteiger partial charge in [0.2, 0.25) is 0 Å². The first-order valence-electron chi connectivity index (χ1n) is 7.61. The van der Waals surface area contributed by atoms with E-state index in [-0.39, 0.29) is 0 Å². The Morgan fingerprint density at radius 2 is 1.95 bits per heavy atom. The van der Waals surface area contributed by atoms with Gasteiger partial charge >= 0.3 is 0 Å². The molecule has 0 aliphatic heterocycles. The van der Waals surface area contributed by atoms with E-state index < -0.39 is 0 Å². The lowest BCUT2D eigenvalue weighted by Crippen LogP contribution is -2.19. The molecule has 0 atom stereocenters. The van der Waals surface area contributed by atoms with Crippen LogP contribution in [-0.2, 0) is 0 Å². The number of likely N-dealkylation sites (N-methyl/N-ethyl adjacent to an activating group) is 1. The van der Waals surface area contributed by atoms with Crippen molar-refractivity contribution < 1.29 is 4.74 Å². The molecule has 0 radical (unpaired) electrons. The van der Waals surface area contributed by atoms with Gasteiger partial charge in [-0.3, -0.25) is 0 Å². The highest BCUT2D eigenvalue weighted by atomic mass is 16.5. The highest BCUT2D eigenvalue weighted by Crippen LogP contribution is 2.31. The maximum atomic E-state index is 5.84. The fourth-order valence-corrected chi connectivity index (χ4v) is 2.29. The van der Waals surface area contributed by atoms with Gasteiger partial charge in [-0.1, -0.05) is 19.9 Å². The molecule has 2 aromatic rings.